The zero-order valence-corrected chi connectivity index (χ0v) is 20.4. The number of nitrogens with zero attached hydrogens (tertiary/aromatic N) is 4. The van der Waals surface area contributed by atoms with E-state index < -0.39 is 11.8 Å². The van der Waals surface area contributed by atoms with Crippen molar-refractivity contribution in [2.75, 3.05) is 17.6 Å². The number of fused-ring (bicyclic) bond motifs is 1. The number of rotatable bonds is 3. The Kier molecular flexibility index (Phi) is 6.17. The number of thiazole rings is 1. The van der Waals surface area contributed by atoms with Gasteiger partial charge >= 0.3 is 11.8 Å². The van der Waals surface area contributed by atoms with Gasteiger partial charge in [-0.25, -0.2) is 9.97 Å². The number of hydrogen-bond donors (Lipinski definition) is 2. The first-order valence-corrected chi connectivity index (χ1v) is 12.4. The van der Waals surface area contributed by atoms with Crippen molar-refractivity contribution in [3.05, 3.63) is 66.1 Å². The molecule has 4 aromatic rings. The molecule has 0 radical (unpaired) electrons. The molecule has 1 fully saturated rings. The van der Waals surface area contributed by atoms with Gasteiger partial charge in [-0.2, -0.15) is 0 Å². The Hall–Kier alpha value is -3.85. The summed E-state index contributed by atoms with van der Waals surface area (Å²) < 4.78 is 1.07. The van der Waals surface area contributed by atoms with Gasteiger partial charge in [0.25, 0.3) is 0 Å². The number of hydrogen-bond acceptors (Lipinski definition) is 7. The summed E-state index contributed by atoms with van der Waals surface area (Å²) in [6.07, 6.45) is 6.77. The number of nitrogens with one attached hydrogen (secondary N) is 1. The van der Waals surface area contributed by atoms with Crippen molar-refractivity contribution in [2.24, 2.45) is 5.92 Å². The molecule has 1 aliphatic rings. The van der Waals surface area contributed by atoms with Crippen LogP contribution in [0.5, 0.6) is 0 Å². The van der Waals surface area contributed by atoms with E-state index in [4.69, 9.17) is 10.7 Å². The normalized spacial score (nSPS) is 17.9. The predicted molar refractivity (Wildman–Crippen MR) is 138 cm³/mol. The Morgan fingerprint density at radius 2 is 2.03 bits per heavy atom. The molecule has 9 heteroatoms. The minimum Gasteiger partial charge on any atom is -0.383 e. The Morgan fingerprint density at radius 3 is 2.80 bits per heavy atom. The molecule has 0 aliphatic carbocycles. The van der Waals surface area contributed by atoms with Gasteiger partial charge in [-0.1, -0.05) is 13.0 Å². The fraction of sp³-hybridized carbons (Fsp3) is 0.269. The van der Waals surface area contributed by atoms with E-state index >= 15 is 0 Å². The van der Waals surface area contributed by atoms with Gasteiger partial charge in [0.1, 0.15) is 10.8 Å². The minimum absolute atomic E-state index is 0.191. The van der Waals surface area contributed by atoms with Crippen molar-refractivity contribution in [3.8, 4) is 10.6 Å². The SMILES string of the molecule is Cc1cc(NC(=O)C(=O)N2C[C@@H](C)CC[C@@H]2c2ccc3sc(-c4cccnc4)nc3c2)cnc1N. The van der Waals surface area contributed by atoms with Crippen molar-refractivity contribution >= 4 is 44.9 Å². The molecule has 2 atom stereocenters. The Bertz CT molecular complexity index is 1400. The van der Waals surface area contributed by atoms with Crippen LogP contribution < -0.4 is 11.1 Å². The number of carbonyl (C=O) groups excluding carboxylic acids is 2. The number of nitrogen functional groups attached to an aromatic ring is 1. The second-order valence-electron chi connectivity index (χ2n) is 9.02. The number of pyridine rings is 2. The van der Waals surface area contributed by atoms with Gasteiger partial charge in [0.15, 0.2) is 0 Å². The summed E-state index contributed by atoms with van der Waals surface area (Å²) in [5.41, 5.74) is 9.79. The summed E-state index contributed by atoms with van der Waals surface area (Å²) in [5.74, 6) is -0.527. The van der Waals surface area contributed by atoms with Gasteiger partial charge in [-0.3, -0.25) is 14.6 Å². The quantitative estimate of drug-likeness (QED) is 0.410. The molecule has 0 unspecified atom stereocenters. The molecule has 2 amide bonds. The van der Waals surface area contributed by atoms with Gasteiger partial charge in [0.2, 0.25) is 0 Å². The van der Waals surface area contributed by atoms with E-state index in [1.165, 1.54) is 6.20 Å². The highest BCUT2D eigenvalue weighted by Gasteiger charge is 2.34. The van der Waals surface area contributed by atoms with E-state index in [9.17, 15) is 9.59 Å². The van der Waals surface area contributed by atoms with E-state index in [-0.39, 0.29) is 6.04 Å². The van der Waals surface area contributed by atoms with Crippen LogP contribution in [0.4, 0.5) is 11.5 Å². The number of likely N-dealkylation sites (tertiary alicyclic amines) is 1. The Morgan fingerprint density at radius 1 is 1.17 bits per heavy atom. The summed E-state index contributed by atoms with van der Waals surface area (Å²) >= 11 is 1.61. The molecule has 1 aliphatic heterocycles. The molecular weight excluding hydrogens is 460 g/mol. The molecule has 1 saturated heterocycles. The number of aromatic nitrogens is 3. The fourth-order valence-corrected chi connectivity index (χ4v) is 5.39. The summed E-state index contributed by atoms with van der Waals surface area (Å²) in [4.78, 5) is 40.9. The van der Waals surface area contributed by atoms with Crippen molar-refractivity contribution in [1.82, 2.24) is 19.9 Å². The number of piperidine rings is 1. The lowest BCUT2D eigenvalue weighted by Crippen LogP contribution is -2.46. The summed E-state index contributed by atoms with van der Waals surface area (Å²) in [5, 5.41) is 3.59. The van der Waals surface area contributed by atoms with E-state index in [1.54, 1.807) is 41.6 Å². The topological polar surface area (TPSA) is 114 Å². The lowest BCUT2D eigenvalue weighted by molar-refractivity contribution is -0.146. The molecular formula is C26H26N6O2S. The van der Waals surface area contributed by atoms with Crippen molar-refractivity contribution in [2.45, 2.75) is 32.7 Å². The number of amides is 2. The highest BCUT2D eigenvalue weighted by atomic mass is 32.1. The molecule has 35 heavy (non-hydrogen) atoms. The third-order valence-electron chi connectivity index (χ3n) is 6.35. The Labute approximate surface area is 207 Å². The fourth-order valence-electron chi connectivity index (χ4n) is 4.46. The largest absolute Gasteiger partial charge is 0.383 e. The third kappa shape index (κ3) is 4.72. The number of anilines is 2. The van der Waals surface area contributed by atoms with Gasteiger partial charge in [-0.05, 0) is 67.1 Å². The molecule has 178 valence electrons. The van der Waals surface area contributed by atoms with Crippen LogP contribution in [-0.4, -0.2) is 38.2 Å². The van der Waals surface area contributed by atoms with E-state index in [1.807, 2.05) is 30.3 Å². The van der Waals surface area contributed by atoms with Crippen LogP contribution in [0.15, 0.2) is 55.0 Å². The van der Waals surface area contributed by atoms with Crippen LogP contribution in [0.2, 0.25) is 0 Å². The maximum Gasteiger partial charge on any atom is 0.313 e. The van der Waals surface area contributed by atoms with Crippen LogP contribution in [0.3, 0.4) is 0 Å². The number of benzene rings is 1. The average molecular weight is 487 g/mol. The predicted octanol–water partition coefficient (Wildman–Crippen LogP) is 4.58. The molecule has 5 rings (SSSR count). The minimum atomic E-state index is -0.677. The van der Waals surface area contributed by atoms with Crippen molar-refractivity contribution < 1.29 is 9.59 Å². The second kappa shape index (κ2) is 9.42. The first-order chi connectivity index (χ1) is 16.9. The van der Waals surface area contributed by atoms with Gasteiger partial charge in [-0.15, -0.1) is 11.3 Å². The zero-order chi connectivity index (χ0) is 24.5. The van der Waals surface area contributed by atoms with Crippen molar-refractivity contribution in [1.29, 1.82) is 0 Å². The Balaban J connectivity index is 1.40. The van der Waals surface area contributed by atoms with Crippen LogP contribution in [0, 0.1) is 12.8 Å². The smallest absolute Gasteiger partial charge is 0.313 e. The molecule has 8 nitrogen and oxygen atoms in total. The summed E-state index contributed by atoms with van der Waals surface area (Å²) in [7, 11) is 0. The molecule has 0 bridgehead atoms. The molecule has 4 heterocycles. The van der Waals surface area contributed by atoms with E-state index in [0.29, 0.717) is 24.0 Å². The van der Waals surface area contributed by atoms with Crippen LogP contribution >= 0.6 is 11.3 Å². The van der Waals surface area contributed by atoms with Gasteiger partial charge in [0.05, 0.1) is 28.1 Å². The molecule has 0 saturated carbocycles. The molecule has 3 N–H and O–H groups in total. The zero-order valence-electron chi connectivity index (χ0n) is 19.6. The third-order valence-corrected chi connectivity index (χ3v) is 7.44. The van der Waals surface area contributed by atoms with Crippen LogP contribution in [0.25, 0.3) is 20.8 Å². The van der Waals surface area contributed by atoms with Crippen LogP contribution in [0.1, 0.15) is 36.9 Å². The average Bonchev–Trinajstić information content (AvgIpc) is 3.30. The molecule has 3 aromatic heterocycles. The highest BCUT2D eigenvalue weighted by Crippen LogP contribution is 2.37. The lowest BCUT2D eigenvalue weighted by Gasteiger charge is -2.38. The standard InChI is InChI=1S/C26H26N6O2S/c1-15-5-7-21(32(14-15)26(34)24(33)30-19-10-16(2)23(27)29-13-19)17-6-8-22-20(11-17)31-25(35-22)18-4-3-9-28-12-18/h3-4,6,8-13,15,21H,5,7,14H2,1-2H3,(H2,27,29)(H,30,33)/t15-,21+/m0/s1. The van der Waals surface area contributed by atoms with E-state index in [0.717, 1.165) is 44.8 Å². The highest BCUT2D eigenvalue weighted by molar-refractivity contribution is 7.21. The van der Waals surface area contributed by atoms with Gasteiger partial charge < -0.3 is 16.0 Å². The molecule has 1 aromatic carbocycles. The summed E-state index contributed by atoms with van der Waals surface area (Å²) in [6.45, 7) is 4.42. The second-order valence-corrected chi connectivity index (χ2v) is 10.1. The number of nitrogens with two attached hydrogens (primary N) is 1. The first-order valence-electron chi connectivity index (χ1n) is 11.5. The number of carbonyl (C=O) groups is 2. The first kappa shape index (κ1) is 22.9. The number of aryl methyl sites for hydroxylation is 1. The van der Waals surface area contributed by atoms with E-state index in [2.05, 4.69) is 22.2 Å². The molecule has 0 spiro atoms. The lowest BCUT2D eigenvalue weighted by atomic mass is 9.89. The maximum atomic E-state index is 13.3. The monoisotopic (exact) mass is 486 g/mol. The maximum absolute atomic E-state index is 13.3. The van der Waals surface area contributed by atoms with Gasteiger partial charge in [0, 0.05) is 24.5 Å². The summed E-state index contributed by atoms with van der Waals surface area (Å²) in [6, 6.07) is 11.5. The van der Waals surface area contributed by atoms with Crippen molar-refractivity contribution in [3.63, 3.8) is 0 Å². The van der Waals surface area contributed by atoms with Crippen LogP contribution in [-0.2, 0) is 9.59 Å².